The molecule has 4 aromatic rings. The molecule has 0 unspecified atom stereocenters. The van der Waals surface area contributed by atoms with Crippen molar-refractivity contribution in [2.75, 3.05) is 5.32 Å². The van der Waals surface area contributed by atoms with Crippen LogP contribution in [0.4, 0.5) is 22.7 Å². The number of phenols is 3. The number of azo groups is 1. The number of nitrogens with zero attached hydrogens (tertiary/aromatic N) is 2. The van der Waals surface area contributed by atoms with E-state index < -0.39 is 57.2 Å². The zero-order valence-electron chi connectivity index (χ0n) is 20.0. The smallest absolute Gasteiger partial charge is 0.238 e. The predicted molar refractivity (Wildman–Crippen MR) is 140 cm³/mol. The predicted octanol–water partition coefficient (Wildman–Crippen LogP) is 2.31. The summed E-state index contributed by atoms with van der Waals surface area (Å²) in [4.78, 5) is -1.53. The third-order valence-corrected chi connectivity index (χ3v) is 8.07. The second kappa shape index (κ2) is 11.2. The minimum atomic E-state index is -4.98. The van der Waals surface area contributed by atoms with Crippen LogP contribution >= 0.6 is 0 Å². The Balaban J connectivity index is 0.00000462. The van der Waals surface area contributed by atoms with Crippen LogP contribution in [0.5, 0.6) is 17.2 Å². The molecule has 0 aliphatic carbocycles. The zero-order chi connectivity index (χ0) is 29.6. The van der Waals surface area contributed by atoms with E-state index in [0.717, 1.165) is 42.5 Å². The number of primary sulfonamides is 2. The molecule has 0 spiro atoms. The minimum Gasteiger partial charge on any atom is -0.744 e. The van der Waals surface area contributed by atoms with Gasteiger partial charge in [-0.05, 0) is 60.0 Å². The maximum Gasteiger partial charge on any atom is 0.238 e. The maximum absolute atomic E-state index is 11.8. The van der Waals surface area contributed by atoms with Crippen LogP contribution in [0.1, 0.15) is 0 Å². The normalized spacial score (nSPS) is 12.4. The summed E-state index contributed by atoms with van der Waals surface area (Å²) < 4.78 is 81.6. The van der Waals surface area contributed by atoms with Crippen LogP contribution in [0.25, 0.3) is 10.8 Å². The summed E-state index contributed by atoms with van der Waals surface area (Å²) in [6, 6.07) is 10.2. The van der Waals surface area contributed by atoms with Crippen LogP contribution in [0.15, 0.2) is 85.6 Å². The Morgan fingerprint density at radius 2 is 1.24 bits per heavy atom. The van der Waals surface area contributed by atoms with Crippen LogP contribution in [-0.2, 0) is 47.2 Å². The second-order valence-corrected chi connectivity index (χ2v) is 12.7. The standard InChI is InChI=1S/C22H19N5O10S3.Cu/c23-38(31,32)12-2-5-18(28)16(8-12)25-15-4-1-11-7-14(40(35,36)37)10-20(30)21(11)22(15)27-26-17-9-13(39(24,33)34)3-6-19(17)29;/h1-10,25,28-30H,(H2,23,31,32)(H2,24,33,34)(H,35,36,37);/p-1. The molecule has 4 rings (SSSR count). The summed E-state index contributed by atoms with van der Waals surface area (Å²) in [5.41, 5.74) is -0.856. The number of fused-ring (bicyclic) bond motifs is 1. The Hall–Kier alpha value is -3.81. The Labute approximate surface area is 243 Å². The van der Waals surface area contributed by atoms with Crippen molar-refractivity contribution in [3.05, 3.63) is 60.7 Å². The number of nitrogens with one attached hydrogen (secondary N) is 1. The number of sulfonamides is 2. The largest absolute Gasteiger partial charge is 0.744 e. The van der Waals surface area contributed by atoms with Gasteiger partial charge in [0.1, 0.15) is 38.7 Å². The van der Waals surface area contributed by atoms with Gasteiger partial charge in [0.05, 0.1) is 31.4 Å². The van der Waals surface area contributed by atoms with E-state index in [0.29, 0.717) is 6.07 Å². The molecule has 0 atom stereocenters. The molecule has 0 fully saturated rings. The summed E-state index contributed by atoms with van der Waals surface area (Å²) in [6.07, 6.45) is 0. The van der Waals surface area contributed by atoms with Crippen LogP contribution in [0.3, 0.4) is 0 Å². The van der Waals surface area contributed by atoms with Crippen molar-refractivity contribution in [2.45, 2.75) is 14.7 Å². The van der Waals surface area contributed by atoms with E-state index in [2.05, 4.69) is 15.5 Å². The molecule has 8 N–H and O–H groups in total. The molecule has 0 amide bonds. The quantitative estimate of drug-likeness (QED) is 0.0717. The van der Waals surface area contributed by atoms with Crippen LogP contribution in [0, 0.1) is 0 Å². The molecule has 15 nitrogen and oxygen atoms in total. The van der Waals surface area contributed by atoms with E-state index >= 15 is 0 Å². The van der Waals surface area contributed by atoms with Gasteiger partial charge in [-0.1, -0.05) is 6.07 Å². The summed E-state index contributed by atoms with van der Waals surface area (Å²) in [7, 11) is -13.3. The van der Waals surface area contributed by atoms with E-state index in [1.54, 1.807) is 0 Å². The third-order valence-electron chi connectivity index (χ3n) is 5.43. The van der Waals surface area contributed by atoms with Crippen LogP contribution < -0.4 is 15.6 Å². The van der Waals surface area contributed by atoms with Crippen molar-refractivity contribution in [2.24, 2.45) is 20.5 Å². The molecular formula is C22H18CuN5O10S3-. The van der Waals surface area contributed by atoms with Crippen LogP contribution in [-0.4, -0.2) is 45.1 Å². The van der Waals surface area contributed by atoms with Crippen LogP contribution in [0.2, 0.25) is 0 Å². The molecule has 221 valence electrons. The van der Waals surface area contributed by atoms with Gasteiger partial charge in [-0.15, -0.1) is 10.2 Å². The molecule has 0 heterocycles. The van der Waals surface area contributed by atoms with Crippen molar-refractivity contribution >= 4 is 63.7 Å². The molecule has 1 radical (unpaired) electrons. The topological polar surface area (TPSA) is 275 Å². The summed E-state index contributed by atoms with van der Waals surface area (Å²) in [6.45, 7) is 0. The van der Waals surface area contributed by atoms with E-state index in [1.165, 1.54) is 12.1 Å². The summed E-state index contributed by atoms with van der Waals surface area (Å²) in [5, 5.41) is 51.8. The van der Waals surface area contributed by atoms with Gasteiger partial charge in [-0.3, -0.25) is 0 Å². The van der Waals surface area contributed by atoms with Crippen molar-refractivity contribution in [3.63, 3.8) is 0 Å². The molecule has 0 aliphatic rings. The molecule has 0 saturated heterocycles. The maximum atomic E-state index is 11.8. The number of benzene rings is 4. The SMILES string of the molecule is NS(=O)(=O)c1ccc(O)c(N=Nc2c(Nc3cc(S(N)(=O)=O)ccc3O)ccc3cc(S(=O)(=O)[O-])cc(O)c23)c1.[Cu]. The molecule has 41 heavy (non-hydrogen) atoms. The first-order valence-corrected chi connectivity index (χ1v) is 15.1. The number of phenolic OH excluding ortho intramolecular Hbond substituents is 3. The molecule has 0 bridgehead atoms. The summed E-state index contributed by atoms with van der Waals surface area (Å²) >= 11 is 0. The Morgan fingerprint density at radius 3 is 1.83 bits per heavy atom. The van der Waals surface area contributed by atoms with E-state index in [4.69, 9.17) is 10.3 Å². The summed E-state index contributed by atoms with van der Waals surface area (Å²) in [5.74, 6) is -1.66. The fourth-order valence-corrected chi connectivity index (χ4v) is 5.15. The third kappa shape index (κ3) is 6.92. The first kappa shape index (κ1) is 31.7. The fourth-order valence-electron chi connectivity index (χ4n) is 3.55. The first-order chi connectivity index (χ1) is 18.4. The van der Waals surface area contributed by atoms with E-state index in [-0.39, 0.29) is 55.5 Å². The molecule has 0 aliphatic heterocycles. The number of anilines is 2. The Kier molecular flexibility index (Phi) is 8.68. The van der Waals surface area contributed by atoms with Gasteiger partial charge < -0.3 is 25.2 Å². The van der Waals surface area contributed by atoms with Gasteiger partial charge in [0.2, 0.25) is 20.0 Å². The average Bonchev–Trinajstić information content (AvgIpc) is 2.83. The van der Waals surface area contributed by atoms with Crippen molar-refractivity contribution < 1.29 is 62.2 Å². The second-order valence-electron chi connectivity index (χ2n) is 8.20. The molecule has 0 saturated carbocycles. The number of aromatic hydroxyl groups is 3. The zero-order valence-corrected chi connectivity index (χ0v) is 23.4. The van der Waals surface area contributed by atoms with Gasteiger partial charge in [0.25, 0.3) is 0 Å². The van der Waals surface area contributed by atoms with Crippen molar-refractivity contribution in [1.29, 1.82) is 0 Å². The monoisotopic (exact) mass is 671 g/mol. The van der Waals surface area contributed by atoms with Gasteiger partial charge in [-0.25, -0.2) is 35.5 Å². The number of hydrogen-bond donors (Lipinski definition) is 6. The van der Waals surface area contributed by atoms with E-state index in [9.17, 15) is 45.1 Å². The van der Waals surface area contributed by atoms with Crippen molar-refractivity contribution in [3.8, 4) is 17.2 Å². The molecular weight excluding hydrogens is 654 g/mol. The average molecular weight is 672 g/mol. The van der Waals surface area contributed by atoms with Gasteiger partial charge in [-0.2, -0.15) is 0 Å². The number of nitrogens with two attached hydrogens (primary N) is 2. The molecule has 4 aromatic carbocycles. The number of hydrogen-bond acceptors (Lipinski definition) is 13. The van der Waals surface area contributed by atoms with Gasteiger partial charge in [0.15, 0.2) is 0 Å². The van der Waals surface area contributed by atoms with Crippen molar-refractivity contribution in [1.82, 2.24) is 0 Å². The molecule has 19 heteroatoms. The van der Waals surface area contributed by atoms with E-state index in [1.807, 2.05) is 0 Å². The van der Waals surface area contributed by atoms with Gasteiger partial charge in [0, 0.05) is 17.1 Å². The Bertz CT molecular complexity index is 2050. The first-order valence-electron chi connectivity index (χ1n) is 10.6. The van der Waals surface area contributed by atoms with Gasteiger partial charge >= 0.3 is 0 Å². The Morgan fingerprint density at radius 1 is 0.659 bits per heavy atom. The number of rotatable bonds is 7. The minimum absolute atomic E-state index is 0. The molecule has 0 aromatic heterocycles. The fraction of sp³-hybridized carbons (Fsp3) is 0.